The molecule has 2 aromatic rings. The summed E-state index contributed by atoms with van der Waals surface area (Å²) in [6, 6.07) is 15.3. The van der Waals surface area contributed by atoms with Crippen LogP contribution in [-0.2, 0) is 9.53 Å². The molecule has 25 heavy (non-hydrogen) atoms. The fourth-order valence-electron chi connectivity index (χ4n) is 3.58. The number of benzene rings is 2. The standard InChI is InChI=1S/C20H19NO4/c22-19(23)18(12-9-10-12)21-20(24)25-11-17-15-7-3-1-5-13(15)14-6-2-4-8-16(14)17/h1-8,12,17-18H,9-11H2,(H,21,24)(H,22,23). The molecule has 4 rings (SSSR count). The van der Waals surface area contributed by atoms with Crippen molar-refractivity contribution in [2.45, 2.75) is 24.8 Å². The van der Waals surface area contributed by atoms with Crippen LogP contribution in [0.3, 0.4) is 0 Å². The van der Waals surface area contributed by atoms with Gasteiger partial charge in [0.05, 0.1) is 0 Å². The van der Waals surface area contributed by atoms with Crippen LogP contribution in [0.2, 0.25) is 0 Å². The van der Waals surface area contributed by atoms with Crippen molar-refractivity contribution < 1.29 is 19.4 Å². The van der Waals surface area contributed by atoms with E-state index in [0.717, 1.165) is 35.1 Å². The molecular formula is C20H19NO4. The zero-order chi connectivity index (χ0) is 17.4. The van der Waals surface area contributed by atoms with E-state index < -0.39 is 18.1 Å². The van der Waals surface area contributed by atoms with E-state index >= 15 is 0 Å². The van der Waals surface area contributed by atoms with E-state index in [2.05, 4.69) is 17.4 Å². The third-order valence-corrected chi connectivity index (χ3v) is 4.98. The van der Waals surface area contributed by atoms with Crippen molar-refractivity contribution in [2.75, 3.05) is 6.61 Å². The molecule has 0 saturated heterocycles. The lowest BCUT2D eigenvalue weighted by Gasteiger charge is -2.17. The smallest absolute Gasteiger partial charge is 0.407 e. The lowest BCUT2D eigenvalue weighted by molar-refractivity contribution is -0.139. The number of alkyl carbamates (subject to hydrolysis) is 1. The predicted octanol–water partition coefficient (Wildman–Crippen LogP) is 3.39. The number of hydrogen-bond donors (Lipinski definition) is 2. The van der Waals surface area contributed by atoms with Crippen LogP contribution in [0.5, 0.6) is 0 Å². The maximum atomic E-state index is 12.1. The molecule has 1 saturated carbocycles. The van der Waals surface area contributed by atoms with Crippen LogP contribution in [0, 0.1) is 5.92 Å². The molecule has 128 valence electrons. The number of aliphatic carboxylic acids is 1. The van der Waals surface area contributed by atoms with Crippen molar-refractivity contribution in [3.05, 3.63) is 59.7 Å². The summed E-state index contributed by atoms with van der Waals surface area (Å²) in [4.78, 5) is 23.3. The van der Waals surface area contributed by atoms with Gasteiger partial charge in [-0.3, -0.25) is 0 Å². The van der Waals surface area contributed by atoms with E-state index in [-0.39, 0.29) is 18.4 Å². The van der Waals surface area contributed by atoms with E-state index in [1.165, 1.54) is 0 Å². The first kappa shape index (κ1) is 15.7. The van der Waals surface area contributed by atoms with Gasteiger partial charge in [-0.05, 0) is 41.0 Å². The van der Waals surface area contributed by atoms with Crippen molar-refractivity contribution in [3.63, 3.8) is 0 Å². The number of amides is 1. The summed E-state index contributed by atoms with van der Waals surface area (Å²) in [6.45, 7) is 0.191. The first-order chi connectivity index (χ1) is 12.1. The number of carbonyl (C=O) groups excluding carboxylic acids is 1. The fraction of sp³-hybridized carbons (Fsp3) is 0.300. The Bertz CT molecular complexity index is 782. The van der Waals surface area contributed by atoms with Crippen molar-refractivity contribution in [2.24, 2.45) is 5.92 Å². The van der Waals surface area contributed by atoms with Crippen LogP contribution in [0.15, 0.2) is 48.5 Å². The lowest BCUT2D eigenvalue weighted by Crippen LogP contribution is -2.42. The normalized spacial score (nSPS) is 16.6. The largest absolute Gasteiger partial charge is 0.480 e. The topological polar surface area (TPSA) is 75.6 Å². The minimum absolute atomic E-state index is 0.0256. The Morgan fingerprint density at radius 1 is 1.04 bits per heavy atom. The Morgan fingerprint density at radius 2 is 1.60 bits per heavy atom. The number of carbonyl (C=O) groups is 2. The Labute approximate surface area is 145 Å². The average molecular weight is 337 g/mol. The molecule has 0 aliphatic heterocycles. The predicted molar refractivity (Wildman–Crippen MR) is 92.4 cm³/mol. The minimum Gasteiger partial charge on any atom is -0.480 e. The highest BCUT2D eigenvalue weighted by Crippen LogP contribution is 2.44. The van der Waals surface area contributed by atoms with Gasteiger partial charge in [-0.25, -0.2) is 9.59 Å². The highest BCUT2D eigenvalue weighted by molar-refractivity contribution is 5.81. The maximum absolute atomic E-state index is 12.1. The van der Waals surface area contributed by atoms with Crippen LogP contribution in [0.25, 0.3) is 11.1 Å². The molecule has 1 unspecified atom stereocenters. The average Bonchev–Trinajstić information content (AvgIpc) is 3.40. The molecule has 0 aromatic heterocycles. The lowest BCUT2D eigenvalue weighted by atomic mass is 9.98. The van der Waals surface area contributed by atoms with Gasteiger partial charge >= 0.3 is 12.1 Å². The third-order valence-electron chi connectivity index (χ3n) is 4.98. The number of rotatable bonds is 5. The summed E-state index contributed by atoms with van der Waals surface area (Å²) in [7, 11) is 0. The molecule has 2 aliphatic rings. The van der Waals surface area contributed by atoms with E-state index in [0.29, 0.717) is 0 Å². The number of ether oxygens (including phenoxy) is 1. The van der Waals surface area contributed by atoms with E-state index in [1.54, 1.807) is 0 Å². The summed E-state index contributed by atoms with van der Waals surface area (Å²) in [6.07, 6.45) is 1.00. The molecule has 0 heterocycles. The Kier molecular flexibility index (Phi) is 3.92. The van der Waals surface area contributed by atoms with Crippen molar-refractivity contribution >= 4 is 12.1 Å². The van der Waals surface area contributed by atoms with Gasteiger partial charge in [-0.1, -0.05) is 48.5 Å². The molecule has 0 bridgehead atoms. The molecule has 0 radical (unpaired) electrons. The summed E-state index contributed by atoms with van der Waals surface area (Å²) in [5, 5.41) is 11.7. The second kappa shape index (κ2) is 6.24. The fourth-order valence-corrected chi connectivity index (χ4v) is 3.58. The van der Waals surface area contributed by atoms with Crippen LogP contribution in [-0.4, -0.2) is 29.8 Å². The number of carboxylic acid groups (broad SMARTS) is 1. The zero-order valence-electron chi connectivity index (χ0n) is 13.6. The van der Waals surface area contributed by atoms with E-state index in [4.69, 9.17) is 4.74 Å². The second-order valence-corrected chi connectivity index (χ2v) is 6.62. The van der Waals surface area contributed by atoms with Gasteiger partial charge in [-0.2, -0.15) is 0 Å². The van der Waals surface area contributed by atoms with E-state index in [9.17, 15) is 14.7 Å². The van der Waals surface area contributed by atoms with Gasteiger partial charge in [0.15, 0.2) is 0 Å². The summed E-state index contributed by atoms with van der Waals surface area (Å²) in [5.74, 6) is -1.00. The first-order valence-electron chi connectivity index (χ1n) is 8.49. The van der Waals surface area contributed by atoms with Crippen molar-refractivity contribution in [1.29, 1.82) is 0 Å². The SMILES string of the molecule is O=C(NC(C(=O)O)C1CC1)OCC1c2ccccc2-c2ccccc21. The van der Waals surface area contributed by atoms with Gasteiger partial charge in [-0.15, -0.1) is 0 Å². The van der Waals surface area contributed by atoms with Crippen LogP contribution in [0.1, 0.15) is 29.9 Å². The third kappa shape index (κ3) is 2.97. The van der Waals surface area contributed by atoms with Gasteiger partial charge in [0, 0.05) is 5.92 Å². The van der Waals surface area contributed by atoms with Gasteiger partial charge in [0.1, 0.15) is 12.6 Å². The molecule has 0 spiro atoms. The first-order valence-corrected chi connectivity index (χ1v) is 8.49. The molecule has 2 aromatic carbocycles. The van der Waals surface area contributed by atoms with Crippen LogP contribution >= 0.6 is 0 Å². The number of hydrogen-bond acceptors (Lipinski definition) is 3. The summed E-state index contributed by atoms with van der Waals surface area (Å²) in [5.41, 5.74) is 4.59. The molecule has 2 aliphatic carbocycles. The molecule has 1 atom stereocenters. The molecule has 2 N–H and O–H groups in total. The Balaban J connectivity index is 1.47. The zero-order valence-corrected chi connectivity index (χ0v) is 13.6. The highest BCUT2D eigenvalue weighted by Gasteiger charge is 2.38. The number of carboxylic acids is 1. The number of nitrogens with one attached hydrogen (secondary N) is 1. The van der Waals surface area contributed by atoms with Gasteiger partial charge < -0.3 is 15.2 Å². The quantitative estimate of drug-likeness (QED) is 0.877. The van der Waals surface area contributed by atoms with Crippen LogP contribution in [0.4, 0.5) is 4.79 Å². The Hall–Kier alpha value is -2.82. The molecular weight excluding hydrogens is 318 g/mol. The van der Waals surface area contributed by atoms with E-state index in [1.807, 2.05) is 36.4 Å². The Morgan fingerprint density at radius 3 is 2.12 bits per heavy atom. The summed E-state index contributed by atoms with van der Waals surface area (Å²) >= 11 is 0. The van der Waals surface area contributed by atoms with Crippen molar-refractivity contribution in [1.82, 2.24) is 5.32 Å². The van der Waals surface area contributed by atoms with Gasteiger partial charge in [0.2, 0.25) is 0 Å². The molecule has 5 heteroatoms. The second-order valence-electron chi connectivity index (χ2n) is 6.62. The maximum Gasteiger partial charge on any atom is 0.407 e. The van der Waals surface area contributed by atoms with Crippen LogP contribution < -0.4 is 5.32 Å². The van der Waals surface area contributed by atoms with Gasteiger partial charge in [0.25, 0.3) is 0 Å². The molecule has 1 amide bonds. The molecule has 1 fully saturated rings. The monoisotopic (exact) mass is 337 g/mol. The minimum atomic E-state index is -1.00. The number of fused-ring (bicyclic) bond motifs is 3. The molecule has 5 nitrogen and oxygen atoms in total. The summed E-state index contributed by atoms with van der Waals surface area (Å²) < 4.78 is 5.38. The highest BCUT2D eigenvalue weighted by atomic mass is 16.5. The van der Waals surface area contributed by atoms with Crippen molar-refractivity contribution in [3.8, 4) is 11.1 Å².